The van der Waals surface area contributed by atoms with E-state index in [0.29, 0.717) is 6.54 Å². The second-order valence-electron chi connectivity index (χ2n) is 4.60. The van der Waals surface area contributed by atoms with Crippen molar-refractivity contribution in [3.8, 4) is 0 Å². The van der Waals surface area contributed by atoms with E-state index in [-0.39, 0.29) is 0 Å². The number of nitrogens with one attached hydrogen (secondary N) is 1. The second kappa shape index (κ2) is 7.40. The predicted octanol–water partition coefficient (Wildman–Crippen LogP) is 2.43. The fourth-order valence-electron chi connectivity index (χ4n) is 2.08. The molecule has 0 fully saturated rings. The van der Waals surface area contributed by atoms with Gasteiger partial charge in [-0.25, -0.2) is 0 Å². The van der Waals surface area contributed by atoms with E-state index >= 15 is 0 Å². The highest BCUT2D eigenvalue weighted by Crippen LogP contribution is 2.12. The van der Waals surface area contributed by atoms with Crippen LogP contribution >= 0.6 is 0 Å². The van der Waals surface area contributed by atoms with E-state index in [9.17, 15) is 9.90 Å². The van der Waals surface area contributed by atoms with Gasteiger partial charge in [-0.1, -0.05) is 36.4 Å². The summed E-state index contributed by atoms with van der Waals surface area (Å²) in [5, 5.41) is 12.4. The third-order valence-electron chi connectivity index (χ3n) is 3.09. The minimum absolute atomic E-state index is 0.648. The van der Waals surface area contributed by atoms with E-state index in [1.807, 2.05) is 48.7 Å². The summed E-state index contributed by atoms with van der Waals surface area (Å²) in [6.45, 7) is 0.654. The van der Waals surface area contributed by atoms with E-state index in [2.05, 4.69) is 10.3 Å². The maximum absolute atomic E-state index is 11.3. The Morgan fingerprint density at radius 2 is 2.00 bits per heavy atom. The lowest BCUT2D eigenvalue weighted by molar-refractivity contribution is -0.139. The fraction of sp³-hybridized carbons (Fsp3) is 0.250. The molecule has 20 heavy (non-hydrogen) atoms. The van der Waals surface area contributed by atoms with Crippen LogP contribution in [0.3, 0.4) is 0 Å². The van der Waals surface area contributed by atoms with Gasteiger partial charge >= 0.3 is 5.97 Å². The molecule has 0 aliphatic carbocycles. The number of aromatic nitrogens is 1. The zero-order chi connectivity index (χ0) is 14.2. The van der Waals surface area contributed by atoms with Crippen molar-refractivity contribution in [3.05, 3.63) is 66.0 Å². The lowest BCUT2D eigenvalue weighted by Gasteiger charge is -2.14. The van der Waals surface area contributed by atoms with Gasteiger partial charge in [-0.2, -0.15) is 0 Å². The maximum Gasteiger partial charge on any atom is 0.325 e. The van der Waals surface area contributed by atoms with Crippen LogP contribution in [0.4, 0.5) is 0 Å². The van der Waals surface area contributed by atoms with Crippen LogP contribution in [0.25, 0.3) is 0 Å². The minimum atomic E-state index is -0.849. The van der Waals surface area contributed by atoms with Gasteiger partial charge in [0, 0.05) is 12.4 Å². The van der Waals surface area contributed by atoms with Gasteiger partial charge in [-0.05, 0) is 36.6 Å². The smallest absolute Gasteiger partial charge is 0.325 e. The van der Waals surface area contributed by atoms with Crippen molar-refractivity contribution >= 4 is 5.97 Å². The van der Waals surface area contributed by atoms with Crippen LogP contribution in [0, 0.1) is 0 Å². The third-order valence-corrected chi connectivity index (χ3v) is 3.09. The molecule has 0 bridgehead atoms. The molecule has 0 radical (unpaired) electrons. The first-order valence-electron chi connectivity index (χ1n) is 6.67. The number of benzene rings is 1. The lowest BCUT2D eigenvalue weighted by Crippen LogP contribution is -2.29. The monoisotopic (exact) mass is 270 g/mol. The molecular weight excluding hydrogens is 252 g/mol. The molecular formula is C16H18N2O2. The van der Waals surface area contributed by atoms with Crippen LogP contribution < -0.4 is 5.32 Å². The molecule has 0 aliphatic heterocycles. The van der Waals surface area contributed by atoms with Crippen molar-refractivity contribution in [2.45, 2.75) is 18.9 Å². The topological polar surface area (TPSA) is 62.2 Å². The first kappa shape index (κ1) is 14.2. The molecule has 0 amide bonds. The van der Waals surface area contributed by atoms with Crippen molar-refractivity contribution in [1.29, 1.82) is 0 Å². The van der Waals surface area contributed by atoms with Gasteiger partial charge in [0.15, 0.2) is 0 Å². The molecule has 2 aromatic rings. The van der Waals surface area contributed by atoms with Crippen LogP contribution in [0.1, 0.15) is 23.6 Å². The number of hydrogen-bond acceptors (Lipinski definition) is 3. The highest BCUT2D eigenvalue weighted by atomic mass is 16.4. The van der Waals surface area contributed by atoms with Crippen LogP contribution in [0.15, 0.2) is 54.9 Å². The number of pyridine rings is 1. The number of carbonyl (C=O) groups is 1. The van der Waals surface area contributed by atoms with E-state index < -0.39 is 12.0 Å². The number of hydrogen-bond donors (Lipinski definition) is 2. The Kier molecular flexibility index (Phi) is 5.26. The highest BCUT2D eigenvalue weighted by molar-refractivity contribution is 5.75. The van der Waals surface area contributed by atoms with E-state index in [4.69, 9.17) is 0 Å². The van der Waals surface area contributed by atoms with Crippen LogP contribution in [0.2, 0.25) is 0 Å². The zero-order valence-electron chi connectivity index (χ0n) is 11.2. The third kappa shape index (κ3) is 4.17. The molecule has 1 unspecified atom stereocenters. The average Bonchev–Trinajstić information content (AvgIpc) is 2.49. The van der Waals surface area contributed by atoms with E-state index in [1.165, 1.54) is 5.56 Å². The lowest BCUT2D eigenvalue weighted by atomic mass is 10.1. The molecule has 0 saturated carbocycles. The largest absolute Gasteiger partial charge is 0.480 e. The number of carboxylic acids is 1. The molecule has 1 aromatic heterocycles. The van der Waals surface area contributed by atoms with Gasteiger partial charge in [0.25, 0.3) is 0 Å². The molecule has 4 nitrogen and oxygen atoms in total. The van der Waals surface area contributed by atoms with Gasteiger partial charge in [-0.3, -0.25) is 9.78 Å². The molecule has 0 spiro atoms. The number of aliphatic carboxylic acids is 1. The summed E-state index contributed by atoms with van der Waals surface area (Å²) in [5.41, 5.74) is 1.95. The molecule has 1 heterocycles. The Morgan fingerprint density at radius 1 is 1.20 bits per heavy atom. The first-order valence-corrected chi connectivity index (χ1v) is 6.67. The second-order valence-corrected chi connectivity index (χ2v) is 4.60. The SMILES string of the molecule is O=C(O)C(NCCCc1cccnc1)c1ccccc1. The summed E-state index contributed by atoms with van der Waals surface area (Å²) in [6.07, 6.45) is 5.35. The van der Waals surface area contributed by atoms with Gasteiger partial charge < -0.3 is 10.4 Å². The van der Waals surface area contributed by atoms with Gasteiger partial charge in [0.05, 0.1) is 0 Å². The normalized spacial score (nSPS) is 12.0. The van der Waals surface area contributed by atoms with Gasteiger partial charge in [0.2, 0.25) is 0 Å². The summed E-state index contributed by atoms with van der Waals surface area (Å²) in [5.74, 6) is -0.849. The van der Waals surface area contributed by atoms with Gasteiger partial charge in [-0.15, -0.1) is 0 Å². The molecule has 0 saturated heterocycles. The number of aryl methyl sites for hydroxylation is 1. The molecule has 1 aromatic carbocycles. The van der Waals surface area contributed by atoms with Crippen molar-refractivity contribution in [1.82, 2.24) is 10.3 Å². The number of carboxylic acid groups (broad SMARTS) is 1. The summed E-state index contributed by atoms with van der Waals surface area (Å²) in [7, 11) is 0. The van der Waals surface area contributed by atoms with Crippen molar-refractivity contribution < 1.29 is 9.90 Å². The minimum Gasteiger partial charge on any atom is -0.480 e. The summed E-state index contributed by atoms with van der Waals surface area (Å²) < 4.78 is 0. The quantitative estimate of drug-likeness (QED) is 0.759. The molecule has 104 valence electrons. The summed E-state index contributed by atoms with van der Waals surface area (Å²) in [4.78, 5) is 15.4. The van der Waals surface area contributed by atoms with Crippen LogP contribution in [0.5, 0.6) is 0 Å². The highest BCUT2D eigenvalue weighted by Gasteiger charge is 2.17. The number of nitrogens with zero attached hydrogens (tertiary/aromatic N) is 1. The average molecular weight is 270 g/mol. The molecule has 0 aliphatic rings. The summed E-state index contributed by atoms with van der Waals surface area (Å²) >= 11 is 0. The van der Waals surface area contributed by atoms with Crippen LogP contribution in [-0.4, -0.2) is 22.6 Å². The van der Waals surface area contributed by atoms with Crippen molar-refractivity contribution in [3.63, 3.8) is 0 Å². The van der Waals surface area contributed by atoms with Gasteiger partial charge in [0.1, 0.15) is 6.04 Å². The Morgan fingerprint density at radius 3 is 2.65 bits per heavy atom. The Balaban J connectivity index is 1.83. The maximum atomic E-state index is 11.3. The van der Waals surface area contributed by atoms with Crippen LogP contribution in [-0.2, 0) is 11.2 Å². The molecule has 1 atom stereocenters. The Labute approximate surface area is 118 Å². The number of rotatable bonds is 7. The first-order chi connectivity index (χ1) is 9.77. The Hall–Kier alpha value is -2.20. The predicted molar refractivity (Wildman–Crippen MR) is 77.4 cm³/mol. The molecule has 4 heteroatoms. The molecule has 2 N–H and O–H groups in total. The van der Waals surface area contributed by atoms with E-state index in [0.717, 1.165) is 18.4 Å². The fourth-order valence-corrected chi connectivity index (χ4v) is 2.08. The van der Waals surface area contributed by atoms with Crippen molar-refractivity contribution in [2.75, 3.05) is 6.54 Å². The van der Waals surface area contributed by atoms with E-state index in [1.54, 1.807) is 6.20 Å². The molecule has 2 rings (SSSR count). The van der Waals surface area contributed by atoms with Crippen molar-refractivity contribution in [2.24, 2.45) is 0 Å². The zero-order valence-corrected chi connectivity index (χ0v) is 11.2. The summed E-state index contributed by atoms with van der Waals surface area (Å²) in [6, 6.07) is 12.5. The standard InChI is InChI=1S/C16H18N2O2/c19-16(20)15(14-8-2-1-3-9-14)18-11-5-7-13-6-4-10-17-12-13/h1-4,6,8-10,12,15,18H,5,7,11H2,(H,19,20). The Bertz CT molecular complexity index is 529.